The van der Waals surface area contributed by atoms with Crippen LogP contribution in [0.1, 0.15) is 40.5 Å². The Morgan fingerprint density at radius 2 is 2.12 bits per heavy atom. The average molecular weight is 240 g/mol. The summed E-state index contributed by atoms with van der Waals surface area (Å²) in [4.78, 5) is 23.9. The van der Waals surface area contributed by atoms with Gasteiger partial charge in [0.05, 0.1) is 6.61 Å². The maximum Gasteiger partial charge on any atom is 0.321 e. The molecule has 2 rings (SSSR count). The molecule has 0 aromatic carbocycles. The summed E-state index contributed by atoms with van der Waals surface area (Å²) in [7, 11) is 0. The molecule has 1 heterocycles. The molecule has 0 aromatic heterocycles. The molecule has 2 fully saturated rings. The summed E-state index contributed by atoms with van der Waals surface area (Å²) in [6, 6.07) is 0. The summed E-state index contributed by atoms with van der Waals surface area (Å²) < 4.78 is 10.4. The third-order valence-electron chi connectivity index (χ3n) is 4.86. The van der Waals surface area contributed by atoms with Crippen LogP contribution < -0.4 is 0 Å². The van der Waals surface area contributed by atoms with Crippen molar-refractivity contribution < 1.29 is 19.1 Å². The second-order valence-electron chi connectivity index (χ2n) is 5.79. The number of carbonyl (C=O) groups excluding carboxylic acids is 2. The van der Waals surface area contributed by atoms with Gasteiger partial charge in [0.25, 0.3) is 0 Å². The molecule has 2 bridgehead atoms. The van der Waals surface area contributed by atoms with Gasteiger partial charge in [-0.05, 0) is 19.8 Å². The number of hydrogen-bond acceptors (Lipinski definition) is 4. The topological polar surface area (TPSA) is 52.6 Å². The predicted molar refractivity (Wildman–Crippen MR) is 61.1 cm³/mol. The molecule has 0 amide bonds. The van der Waals surface area contributed by atoms with Crippen LogP contribution in [0, 0.1) is 16.7 Å². The predicted octanol–water partition coefficient (Wildman–Crippen LogP) is 1.92. The molecular formula is C13H20O4. The summed E-state index contributed by atoms with van der Waals surface area (Å²) in [5, 5.41) is 0. The van der Waals surface area contributed by atoms with Crippen LogP contribution in [0.15, 0.2) is 0 Å². The second kappa shape index (κ2) is 3.72. The van der Waals surface area contributed by atoms with Crippen molar-refractivity contribution in [1.82, 2.24) is 0 Å². The van der Waals surface area contributed by atoms with E-state index in [9.17, 15) is 9.59 Å². The minimum Gasteiger partial charge on any atom is -0.465 e. The van der Waals surface area contributed by atoms with E-state index in [1.807, 2.05) is 6.92 Å². The molecule has 0 aromatic rings. The minimum absolute atomic E-state index is 0.0642. The lowest BCUT2D eigenvalue weighted by Gasteiger charge is -2.48. The van der Waals surface area contributed by atoms with E-state index < -0.39 is 17.9 Å². The van der Waals surface area contributed by atoms with Crippen molar-refractivity contribution in [2.75, 3.05) is 6.61 Å². The zero-order valence-corrected chi connectivity index (χ0v) is 10.9. The van der Waals surface area contributed by atoms with Crippen LogP contribution in [0.3, 0.4) is 0 Å². The van der Waals surface area contributed by atoms with Gasteiger partial charge < -0.3 is 9.47 Å². The highest BCUT2D eigenvalue weighted by Crippen LogP contribution is 2.61. The van der Waals surface area contributed by atoms with E-state index in [1.54, 1.807) is 6.92 Å². The summed E-state index contributed by atoms with van der Waals surface area (Å²) in [6.45, 7) is 8.20. The third-order valence-corrected chi connectivity index (χ3v) is 4.86. The number of fused-ring (bicyclic) bond motifs is 2. The SMILES string of the molecule is CCOC(=O)[C@@H]1C(=O)O[C@H]2CC[C@]1(C)C2(C)C. The smallest absolute Gasteiger partial charge is 0.321 e. The first-order valence-corrected chi connectivity index (χ1v) is 6.21. The molecule has 0 spiro atoms. The highest BCUT2D eigenvalue weighted by molar-refractivity contribution is 5.97. The van der Waals surface area contributed by atoms with Crippen molar-refractivity contribution in [2.24, 2.45) is 16.7 Å². The molecular weight excluding hydrogens is 220 g/mol. The summed E-state index contributed by atoms with van der Waals surface area (Å²) in [5.74, 6) is -1.61. The molecule has 0 N–H and O–H groups in total. The van der Waals surface area contributed by atoms with Gasteiger partial charge in [0.15, 0.2) is 5.92 Å². The maximum atomic E-state index is 12.0. The molecule has 4 heteroatoms. The van der Waals surface area contributed by atoms with E-state index in [4.69, 9.17) is 9.47 Å². The van der Waals surface area contributed by atoms with Gasteiger partial charge in [-0.2, -0.15) is 0 Å². The van der Waals surface area contributed by atoms with E-state index in [0.29, 0.717) is 6.61 Å². The van der Waals surface area contributed by atoms with Crippen LogP contribution in [-0.2, 0) is 19.1 Å². The largest absolute Gasteiger partial charge is 0.465 e. The first-order chi connectivity index (χ1) is 7.84. The van der Waals surface area contributed by atoms with Crippen molar-refractivity contribution in [3.63, 3.8) is 0 Å². The van der Waals surface area contributed by atoms with Crippen LogP contribution in [-0.4, -0.2) is 24.6 Å². The van der Waals surface area contributed by atoms with Crippen molar-refractivity contribution in [3.8, 4) is 0 Å². The van der Waals surface area contributed by atoms with Gasteiger partial charge in [0, 0.05) is 10.8 Å². The van der Waals surface area contributed by atoms with E-state index in [1.165, 1.54) is 0 Å². The van der Waals surface area contributed by atoms with Gasteiger partial charge in [0.2, 0.25) is 0 Å². The molecule has 3 atom stereocenters. The Bertz CT molecular complexity index is 360. The van der Waals surface area contributed by atoms with E-state index in [2.05, 4.69) is 13.8 Å². The molecule has 1 saturated carbocycles. The highest BCUT2D eigenvalue weighted by Gasteiger charge is 2.65. The molecule has 96 valence electrons. The standard InChI is InChI=1S/C13H20O4/c1-5-16-10(14)9-11(15)17-8-6-7-13(9,4)12(8,2)3/h8-9H,5-7H2,1-4H3/t8-,9+,13-/m0/s1. The van der Waals surface area contributed by atoms with Crippen LogP contribution in [0.5, 0.6) is 0 Å². The fourth-order valence-electron chi connectivity index (χ4n) is 3.25. The Balaban J connectivity index is 2.37. The van der Waals surface area contributed by atoms with Crippen molar-refractivity contribution >= 4 is 11.9 Å². The fraction of sp³-hybridized carbons (Fsp3) is 0.846. The first-order valence-electron chi connectivity index (χ1n) is 6.21. The van der Waals surface area contributed by atoms with Crippen molar-refractivity contribution in [1.29, 1.82) is 0 Å². The van der Waals surface area contributed by atoms with Gasteiger partial charge in [-0.25, -0.2) is 0 Å². The molecule has 0 radical (unpaired) electrons. The van der Waals surface area contributed by atoms with Crippen molar-refractivity contribution in [2.45, 2.75) is 46.6 Å². The number of rotatable bonds is 2. The lowest BCUT2D eigenvalue weighted by molar-refractivity contribution is -0.194. The van der Waals surface area contributed by atoms with Gasteiger partial charge in [-0.15, -0.1) is 0 Å². The number of hydrogen-bond donors (Lipinski definition) is 0. The Morgan fingerprint density at radius 3 is 2.71 bits per heavy atom. The van der Waals surface area contributed by atoms with Crippen LogP contribution >= 0.6 is 0 Å². The molecule has 2 aliphatic rings. The van der Waals surface area contributed by atoms with E-state index in [-0.39, 0.29) is 16.9 Å². The maximum absolute atomic E-state index is 12.0. The van der Waals surface area contributed by atoms with Crippen LogP contribution in [0.25, 0.3) is 0 Å². The Labute approximate surface area is 102 Å². The fourth-order valence-corrected chi connectivity index (χ4v) is 3.25. The lowest BCUT2D eigenvalue weighted by atomic mass is 9.60. The van der Waals surface area contributed by atoms with Gasteiger partial charge in [0.1, 0.15) is 6.10 Å². The summed E-state index contributed by atoms with van der Waals surface area (Å²) >= 11 is 0. The van der Waals surface area contributed by atoms with Crippen LogP contribution in [0.2, 0.25) is 0 Å². The van der Waals surface area contributed by atoms with Gasteiger partial charge >= 0.3 is 11.9 Å². The average Bonchev–Trinajstić information content (AvgIpc) is 2.38. The minimum atomic E-state index is -0.767. The molecule has 4 nitrogen and oxygen atoms in total. The molecule has 1 aliphatic heterocycles. The zero-order chi connectivity index (χ0) is 12.8. The molecule has 17 heavy (non-hydrogen) atoms. The van der Waals surface area contributed by atoms with Crippen LogP contribution in [0.4, 0.5) is 0 Å². The number of carbonyl (C=O) groups is 2. The molecule has 1 aliphatic carbocycles. The Kier molecular flexibility index (Phi) is 2.71. The second-order valence-corrected chi connectivity index (χ2v) is 5.79. The normalized spacial score (nSPS) is 38.7. The first kappa shape index (κ1) is 12.4. The van der Waals surface area contributed by atoms with Gasteiger partial charge in [-0.3, -0.25) is 9.59 Å². The highest BCUT2D eigenvalue weighted by atomic mass is 16.6. The van der Waals surface area contributed by atoms with E-state index >= 15 is 0 Å². The molecule has 1 saturated heterocycles. The Hall–Kier alpha value is -1.06. The monoisotopic (exact) mass is 240 g/mol. The zero-order valence-electron chi connectivity index (χ0n) is 10.9. The quantitative estimate of drug-likeness (QED) is 0.546. The Morgan fingerprint density at radius 1 is 1.47 bits per heavy atom. The third kappa shape index (κ3) is 1.49. The van der Waals surface area contributed by atoms with E-state index in [0.717, 1.165) is 12.8 Å². The summed E-state index contributed by atoms with van der Waals surface area (Å²) in [5.41, 5.74) is -0.516. The molecule has 0 unspecified atom stereocenters. The van der Waals surface area contributed by atoms with Crippen molar-refractivity contribution in [3.05, 3.63) is 0 Å². The lowest BCUT2D eigenvalue weighted by Crippen LogP contribution is -2.55. The number of ether oxygens (including phenoxy) is 2. The summed E-state index contributed by atoms with van der Waals surface area (Å²) in [6.07, 6.45) is 1.61. The van der Waals surface area contributed by atoms with Gasteiger partial charge in [-0.1, -0.05) is 20.8 Å². The number of esters is 2.